The molecule has 104 valence electrons. The Morgan fingerprint density at radius 3 is 2.74 bits per heavy atom. The third kappa shape index (κ3) is 3.53. The molecule has 1 atom stereocenters. The molecule has 0 amide bonds. The molecule has 0 fully saturated rings. The van der Waals surface area contributed by atoms with Crippen molar-refractivity contribution in [1.82, 2.24) is 0 Å². The summed E-state index contributed by atoms with van der Waals surface area (Å²) in [5.41, 5.74) is 0.736. The van der Waals surface area contributed by atoms with Gasteiger partial charge in [-0.15, -0.1) is 0 Å². The van der Waals surface area contributed by atoms with E-state index in [4.69, 9.17) is 9.47 Å². The van der Waals surface area contributed by atoms with E-state index in [0.717, 1.165) is 12.1 Å². The number of hydrogen-bond acceptors (Lipinski definition) is 4. The second-order valence-corrected chi connectivity index (χ2v) is 5.07. The maximum atomic E-state index is 11.2. The molecular weight excluding hydrogens is 246 g/mol. The van der Waals surface area contributed by atoms with Crippen molar-refractivity contribution in [3.8, 4) is 11.5 Å². The zero-order valence-corrected chi connectivity index (χ0v) is 11.2. The summed E-state index contributed by atoms with van der Waals surface area (Å²) in [4.78, 5) is 11.2. The van der Waals surface area contributed by atoms with E-state index in [2.05, 4.69) is 19.2 Å². The minimum atomic E-state index is -0.835. The normalized spacial score (nSPS) is 14.5. The van der Waals surface area contributed by atoms with Crippen molar-refractivity contribution in [2.45, 2.75) is 32.7 Å². The minimum Gasteiger partial charge on any atom is -0.480 e. The number of carbonyl (C=O) groups is 1. The summed E-state index contributed by atoms with van der Waals surface area (Å²) >= 11 is 0. The summed E-state index contributed by atoms with van der Waals surface area (Å²) < 4.78 is 10.5. The lowest BCUT2D eigenvalue weighted by Gasteiger charge is -2.17. The largest absolute Gasteiger partial charge is 0.480 e. The van der Waals surface area contributed by atoms with Crippen LogP contribution in [-0.4, -0.2) is 23.9 Å². The highest BCUT2D eigenvalue weighted by atomic mass is 16.7. The summed E-state index contributed by atoms with van der Waals surface area (Å²) in [5, 5.41) is 12.3. The topological polar surface area (TPSA) is 67.8 Å². The molecule has 19 heavy (non-hydrogen) atoms. The standard InChI is InChI=1S/C14H19NO4/c1-9(2)3-5-11(14(16)17)15-10-4-6-12-13(7-10)19-8-18-12/h4,6-7,9,11,15H,3,5,8H2,1-2H3,(H,16,17). The van der Waals surface area contributed by atoms with E-state index in [0.29, 0.717) is 23.8 Å². The maximum Gasteiger partial charge on any atom is 0.326 e. The highest BCUT2D eigenvalue weighted by Crippen LogP contribution is 2.34. The van der Waals surface area contributed by atoms with Crippen molar-refractivity contribution < 1.29 is 19.4 Å². The van der Waals surface area contributed by atoms with Gasteiger partial charge in [-0.1, -0.05) is 13.8 Å². The number of benzene rings is 1. The van der Waals surface area contributed by atoms with Crippen LogP contribution < -0.4 is 14.8 Å². The van der Waals surface area contributed by atoms with Crippen LogP contribution in [0, 0.1) is 5.92 Å². The summed E-state index contributed by atoms with van der Waals surface area (Å²) in [7, 11) is 0. The van der Waals surface area contributed by atoms with Crippen LogP contribution in [-0.2, 0) is 4.79 Å². The van der Waals surface area contributed by atoms with Crippen molar-refractivity contribution in [3.63, 3.8) is 0 Å². The minimum absolute atomic E-state index is 0.217. The Labute approximate surface area is 112 Å². The summed E-state index contributed by atoms with van der Waals surface area (Å²) in [6, 6.07) is 4.78. The molecule has 1 aromatic carbocycles. The molecule has 1 aliphatic rings. The first kappa shape index (κ1) is 13.5. The molecule has 1 unspecified atom stereocenters. The average Bonchev–Trinajstić information content (AvgIpc) is 2.81. The SMILES string of the molecule is CC(C)CCC(Nc1ccc2c(c1)OCO2)C(=O)O. The van der Waals surface area contributed by atoms with Crippen LogP contribution in [0.2, 0.25) is 0 Å². The molecule has 1 aliphatic heterocycles. The molecule has 1 aromatic rings. The molecule has 0 aromatic heterocycles. The number of nitrogens with one attached hydrogen (secondary N) is 1. The first-order chi connectivity index (χ1) is 9.06. The van der Waals surface area contributed by atoms with Gasteiger partial charge in [-0.05, 0) is 30.9 Å². The number of hydrogen-bond donors (Lipinski definition) is 2. The third-order valence-corrected chi connectivity index (χ3v) is 3.04. The van der Waals surface area contributed by atoms with Gasteiger partial charge in [0.2, 0.25) is 6.79 Å². The van der Waals surface area contributed by atoms with Crippen LogP contribution >= 0.6 is 0 Å². The van der Waals surface area contributed by atoms with Crippen LogP contribution in [0.5, 0.6) is 11.5 Å². The molecule has 1 heterocycles. The quantitative estimate of drug-likeness (QED) is 0.827. The van der Waals surface area contributed by atoms with Crippen LogP contribution in [0.1, 0.15) is 26.7 Å². The van der Waals surface area contributed by atoms with Gasteiger partial charge in [-0.25, -0.2) is 4.79 Å². The van der Waals surface area contributed by atoms with Crippen molar-refractivity contribution >= 4 is 11.7 Å². The first-order valence-electron chi connectivity index (χ1n) is 6.45. The number of rotatable bonds is 6. The average molecular weight is 265 g/mol. The number of anilines is 1. The van der Waals surface area contributed by atoms with E-state index in [1.807, 2.05) is 0 Å². The summed E-state index contributed by atoms with van der Waals surface area (Å²) in [6.45, 7) is 4.38. The lowest BCUT2D eigenvalue weighted by molar-refractivity contribution is -0.138. The smallest absolute Gasteiger partial charge is 0.326 e. The highest BCUT2D eigenvalue weighted by Gasteiger charge is 2.19. The number of carboxylic acids is 1. The van der Waals surface area contributed by atoms with Gasteiger partial charge in [0.1, 0.15) is 6.04 Å². The van der Waals surface area contributed by atoms with Crippen molar-refractivity contribution in [3.05, 3.63) is 18.2 Å². The molecule has 2 rings (SSSR count). The van der Waals surface area contributed by atoms with Crippen molar-refractivity contribution in [1.29, 1.82) is 0 Å². The Bertz CT molecular complexity index is 459. The predicted octanol–water partition coefficient (Wildman–Crippen LogP) is 2.72. The van der Waals surface area contributed by atoms with E-state index >= 15 is 0 Å². The summed E-state index contributed by atoms with van der Waals surface area (Å²) in [5.74, 6) is 0.997. The number of ether oxygens (including phenoxy) is 2. The molecule has 5 heteroatoms. The van der Waals surface area contributed by atoms with Crippen LogP contribution in [0.4, 0.5) is 5.69 Å². The fourth-order valence-corrected chi connectivity index (χ4v) is 1.94. The van der Waals surface area contributed by atoms with E-state index in [-0.39, 0.29) is 6.79 Å². The van der Waals surface area contributed by atoms with Crippen molar-refractivity contribution in [2.24, 2.45) is 5.92 Å². The van der Waals surface area contributed by atoms with Gasteiger partial charge in [0.25, 0.3) is 0 Å². The van der Waals surface area contributed by atoms with Crippen LogP contribution in [0.15, 0.2) is 18.2 Å². The van der Waals surface area contributed by atoms with E-state index < -0.39 is 12.0 Å². The van der Waals surface area contributed by atoms with Crippen LogP contribution in [0.25, 0.3) is 0 Å². The molecular formula is C14H19NO4. The Morgan fingerprint density at radius 1 is 1.32 bits per heavy atom. The Balaban J connectivity index is 2.02. The summed E-state index contributed by atoms with van der Waals surface area (Å²) in [6.07, 6.45) is 1.47. The molecule has 0 spiro atoms. The maximum absolute atomic E-state index is 11.2. The lowest BCUT2D eigenvalue weighted by Crippen LogP contribution is -2.29. The van der Waals surface area contributed by atoms with E-state index in [1.54, 1.807) is 18.2 Å². The Kier molecular flexibility index (Phi) is 4.14. The molecule has 5 nitrogen and oxygen atoms in total. The second-order valence-electron chi connectivity index (χ2n) is 5.07. The van der Waals surface area contributed by atoms with E-state index in [1.165, 1.54) is 0 Å². The van der Waals surface area contributed by atoms with Gasteiger partial charge >= 0.3 is 5.97 Å². The van der Waals surface area contributed by atoms with Crippen LogP contribution in [0.3, 0.4) is 0 Å². The molecule has 2 N–H and O–H groups in total. The van der Waals surface area contributed by atoms with Gasteiger partial charge in [0.05, 0.1) is 0 Å². The molecule has 0 radical (unpaired) electrons. The predicted molar refractivity (Wildman–Crippen MR) is 71.7 cm³/mol. The highest BCUT2D eigenvalue weighted by molar-refractivity contribution is 5.77. The molecule has 0 saturated carbocycles. The van der Waals surface area contributed by atoms with Gasteiger partial charge in [0, 0.05) is 11.8 Å². The lowest BCUT2D eigenvalue weighted by atomic mass is 10.0. The van der Waals surface area contributed by atoms with E-state index in [9.17, 15) is 9.90 Å². The molecule has 0 aliphatic carbocycles. The van der Waals surface area contributed by atoms with Gasteiger partial charge < -0.3 is 19.9 Å². The van der Waals surface area contributed by atoms with Gasteiger partial charge in [-0.3, -0.25) is 0 Å². The fourth-order valence-electron chi connectivity index (χ4n) is 1.94. The number of carboxylic acid groups (broad SMARTS) is 1. The zero-order chi connectivity index (χ0) is 13.8. The van der Waals surface area contributed by atoms with Gasteiger partial charge in [-0.2, -0.15) is 0 Å². The number of fused-ring (bicyclic) bond motifs is 1. The Morgan fingerprint density at radius 2 is 2.05 bits per heavy atom. The molecule has 0 saturated heterocycles. The monoisotopic (exact) mass is 265 g/mol. The van der Waals surface area contributed by atoms with Crippen molar-refractivity contribution in [2.75, 3.05) is 12.1 Å². The molecule has 0 bridgehead atoms. The zero-order valence-electron chi connectivity index (χ0n) is 11.2. The second kappa shape index (κ2) is 5.82. The fraction of sp³-hybridized carbons (Fsp3) is 0.500. The van der Waals surface area contributed by atoms with Gasteiger partial charge in [0.15, 0.2) is 11.5 Å². The third-order valence-electron chi connectivity index (χ3n) is 3.04. The number of aliphatic carboxylic acids is 1. The Hall–Kier alpha value is -1.91. The first-order valence-corrected chi connectivity index (χ1v) is 6.45.